The van der Waals surface area contributed by atoms with E-state index in [4.69, 9.17) is 4.74 Å². The molecule has 0 aliphatic rings. The maximum atomic E-state index is 12.1. The molecule has 3 heteroatoms. The molecule has 0 radical (unpaired) electrons. The topological polar surface area (TPSA) is 46.5 Å². The molecule has 2 unspecified atom stereocenters. The van der Waals surface area contributed by atoms with E-state index in [1.165, 1.54) is 0 Å². The lowest BCUT2D eigenvalue weighted by Crippen LogP contribution is -2.38. The predicted octanol–water partition coefficient (Wildman–Crippen LogP) is 3.49. The second kappa shape index (κ2) is 6.89. The van der Waals surface area contributed by atoms with E-state index in [-0.39, 0.29) is 5.97 Å². The summed E-state index contributed by atoms with van der Waals surface area (Å²) in [5.74, 6) is -0.854. The van der Waals surface area contributed by atoms with Crippen LogP contribution in [0.4, 0.5) is 0 Å². The lowest BCUT2D eigenvalue weighted by Gasteiger charge is -2.32. The molecule has 1 aromatic carbocycles. The van der Waals surface area contributed by atoms with Crippen LogP contribution in [0.1, 0.15) is 50.3 Å². The molecule has 3 nitrogen and oxygen atoms in total. The lowest BCUT2D eigenvalue weighted by molar-refractivity contribution is -0.158. The zero-order valence-electron chi connectivity index (χ0n) is 13.2. The summed E-state index contributed by atoms with van der Waals surface area (Å²) in [6.45, 7) is 9.81. The van der Waals surface area contributed by atoms with Crippen molar-refractivity contribution in [1.82, 2.24) is 0 Å². The number of rotatable bonds is 6. The summed E-state index contributed by atoms with van der Waals surface area (Å²) < 4.78 is 5.13. The van der Waals surface area contributed by atoms with Crippen LogP contribution in [-0.2, 0) is 15.1 Å². The van der Waals surface area contributed by atoms with Crippen molar-refractivity contribution in [1.29, 1.82) is 0 Å². The second-order valence-corrected chi connectivity index (χ2v) is 5.62. The quantitative estimate of drug-likeness (QED) is 0.810. The van der Waals surface area contributed by atoms with Gasteiger partial charge in [0.25, 0.3) is 0 Å². The van der Waals surface area contributed by atoms with Gasteiger partial charge >= 0.3 is 5.97 Å². The largest absolute Gasteiger partial charge is 0.466 e. The maximum Gasteiger partial charge on any atom is 0.312 e. The SMILES string of the molecule is CCCC(C(=O)OCC)C(C)(O)c1cc(C)cc(C)c1. The second-order valence-electron chi connectivity index (χ2n) is 5.62. The van der Waals surface area contributed by atoms with Gasteiger partial charge in [0.1, 0.15) is 5.60 Å². The van der Waals surface area contributed by atoms with Crippen LogP contribution >= 0.6 is 0 Å². The molecule has 0 bridgehead atoms. The Morgan fingerprint density at radius 1 is 1.25 bits per heavy atom. The molecule has 0 heterocycles. The predicted molar refractivity (Wildman–Crippen MR) is 80.5 cm³/mol. The van der Waals surface area contributed by atoms with Gasteiger partial charge in [-0.25, -0.2) is 0 Å². The Hall–Kier alpha value is -1.35. The standard InChI is InChI=1S/C17H26O3/c1-6-8-15(16(18)20-7-2)17(5,19)14-10-12(3)9-13(4)11-14/h9-11,15,19H,6-8H2,1-5H3. The number of aryl methyl sites for hydroxylation is 2. The minimum absolute atomic E-state index is 0.321. The summed E-state index contributed by atoms with van der Waals surface area (Å²) in [6, 6.07) is 5.93. The van der Waals surface area contributed by atoms with E-state index in [0.717, 1.165) is 23.1 Å². The van der Waals surface area contributed by atoms with E-state index in [0.29, 0.717) is 13.0 Å². The molecule has 0 amide bonds. The highest BCUT2D eigenvalue weighted by atomic mass is 16.5. The minimum atomic E-state index is -1.21. The Balaban J connectivity index is 3.17. The van der Waals surface area contributed by atoms with E-state index in [2.05, 4.69) is 6.07 Å². The molecule has 0 aliphatic heterocycles. The van der Waals surface area contributed by atoms with E-state index >= 15 is 0 Å². The summed E-state index contributed by atoms with van der Waals surface area (Å²) in [6.07, 6.45) is 1.43. The number of aliphatic hydroxyl groups is 1. The number of hydrogen-bond donors (Lipinski definition) is 1. The van der Waals surface area contributed by atoms with Crippen LogP contribution < -0.4 is 0 Å². The van der Waals surface area contributed by atoms with Crippen LogP contribution in [0.25, 0.3) is 0 Å². The number of benzene rings is 1. The molecular weight excluding hydrogens is 252 g/mol. The van der Waals surface area contributed by atoms with Gasteiger partial charge in [0, 0.05) is 0 Å². The number of ether oxygens (including phenoxy) is 1. The van der Waals surface area contributed by atoms with Crippen molar-refractivity contribution in [3.05, 3.63) is 34.9 Å². The Labute approximate surface area is 122 Å². The van der Waals surface area contributed by atoms with Crippen molar-refractivity contribution in [2.24, 2.45) is 5.92 Å². The summed E-state index contributed by atoms with van der Waals surface area (Å²) >= 11 is 0. The molecule has 2 atom stereocenters. The molecule has 1 aromatic rings. The van der Waals surface area contributed by atoms with Gasteiger partial charge in [-0.15, -0.1) is 0 Å². The third-order valence-electron chi connectivity index (χ3n) is 3.63. The van der Waals surface area contributed by atoms with Gasteiger partial charge in [0.2, 0.25) is 0 Å². The highest BCUT2D eigenvalue weighted by Crippen LogP contribution is 2.34. The van der Waals surface area contributed by atoms with Gasteiger partial charge < -0.3 is 9.84 Å². The first kappa shape index (κ1) is 16.7. The molecule has 1 rings (SSSR count). The van der Waals surface area contributed by atoms with E-state index in [1.54, 1.807) is 13.8 Å². The van der Waals surface area contributed by atoms with E-state index in [1.807, 2.05) is 32.9 Å². The number of carbonyl (C=O) groups is 1. The molecule has 0 fully saturated rings. The van der Waals surface area contributed by atoms with E-state index in [9.17, 15) is 9.90 Å². The van der Waals surface area contributed by atoms with Gasteiger partial charge in [-0.3, -0.25) is 4.79 Å². The average Bonchev–Trinajstić information content (AvgIpc) is 2.34. The summed E-state index contributed by atoms with van der Waals surface area (Å²) in [4.78, 5) is 12.1. The Kier molecular flexibility index (Phi) is 5.75. The Bertz CT molecular complexity index is 443. The molecule has 0 aromatic heterocycles. The first-order valence-corrected chi connectivity index (χ1v) is 7.30. The van der Waals surface area contributed by atoms with Crippen LogP contribution in [0.2, 0.25) is 0 Å². The number of carbonyl (C=O) groups excluding carboxylic acids is 1. The fourth-order valence-electron chi connectivity index (χ4n) is 2.63. The molecule has 112 valence electrons. The normalized spacial score (nSPS) is 15.5. The first-order valence-electron chi connectivity index (χ1n) is 7.30. The third-order valence-corrected chi connectivity index (χ3v) is 3.63. The molecule has 20 heavy (non-hydrogen) atoms. The van der Waals surface area contributed by atoms with Gasteiger partial charge in [-0.05, 0) is 39.7 Å². The van der Waals surface area contributed by atoms with Crippen molar-refractivity contribution in [3.63, 3.8) is 0 Å². The molecule has 1 N–H and O–H groups in total. The number of hydrogen-bond acceptors (Lipinski definition) is 3. The maximum absolute atomic E-state index is 12.1. The summed E-state index contributed by atoms with van der Waals surface area (Å²) in [5.41, 5.74) is 1.74. The monoisotopic (exact) mass is 278 g/mol. The zero-order valence-corrected chi connectivity index (χ0v) is 13.2. The van der Waals surface area contributed by atoms with Gasteiger partial charge in [-0.2, -0.15) is 0 Å². The number of esters is 1. The Morgan fingerprint density at radius 2 is 1.80 bits per heavy atom. The first-order chi connectivity index (χ1) is 9.32. The zero-order chi connectivity index (χ0) is 15.3. The van der Waals surface area contributed by atoms with E-state index < -0.39 is 11.5 Å². The van der Waals surface area contributed by atoms with Gasteiger partial charge in [0.15, 0.2) is 0 Å². The summed E-state index contributed by atoms with van der Waals surface area (Å²) in [5, 5.41) is 10.9. The van der Waals surface area contributed by atoms with Crippen LogP contribution in [0.15, 0.2) is 18.2 Å². The average molecular weight is 278 g/mol. The van der Waals surface area contributed by atoms with Gasteiger partial charge in [0.05, 0.1) is 12.5 Å². The van der Waals surface area contributed by atoms with Crippen LogP contribution in [0.5, 0.6) is 0 Å². The summed E-state index contributed by atoms with van der Waals surface area (Å²) in [7, 11) is 0. The fourth-order valence-corrected chi connectivity index (χ4v) is 2.63. The van der Waals surface area contributed by atoms with Crippen LogP contribution in [0, 0.1) is 19.8 Å². The van der Waals surface area contributed by atoms with Crippen LogP contribution in [-0.4, -0.2) is 17.7 Å². The highest BCUT2D eigenvalue weighted by molar-refractivity contribution is 5.74. The third kappa shape index (κ3) is 3.83. The highest BCUT2D eigenvalue weighted by Gasteiger charge is 2.39. The van der Waals surface area contributed by atoms with Crippen molar-refractivity contribution in [2.75, 3.05) is 6.61 Å². The van der Waals surface area contributed by atoms with Gasteiger partial charge in [-0.1, -0.05) is 42.7 Å². The van der Waals surface area contributed by atoms with Crippen LogP contribution in [0.3, 0.4) is 0 Å². The lowest BCUT2D eigenvalue weighted by atomic mass is 9.79. The molecule has 0 spiro atoms. The molecule has 0 aliphatic carbocycles. The molecule has 0 saturated carbocycles. The van der Waals surface area contributed by atoms with Crippen molar-refractivity contribution in [3.8, 4) is 0 Å². The molecule has 0 saturated heterocycles. The van der Waals surface area contributed by atoms with Crippen molar-refractivity contribution >= 4 is 5.97 Å². The Morgan fingerprint density at radius 3 is 2.25 bits per heavy atom. The minimum Gasteiger partial charge on any atom is -0.466 e. The smallest absolute Gasteiger partial charge is 0.312 e. The molecular formula is C17H26O3. The van der Waals surface area contributed by atoms with Crippen molar-refractivity contribution in [2.45, 2.75) is 53.1 Å². The van der Waals surface area contributed by atoms with Crippen molar-refractivity contribution < 1.29 is 14.6 Å². The fraction of sp³-hybridized carbons (Fsp3) is 0.588.